The van der Waals surface area contributed by atoms with Crippen molar-refractivity contribution >= 4 is 5.91 Å². The maximum Gasteiger partial charge on any atom is 0.253 e. The van der Waals surface area contributed by atoms with E-state index in [4.69, 9.17) is 14.2 Å². The third kappa shape index (κ3) is 3.09. The van der Waals surface area contributed by atoms with E-state index < -0.39 is 5.79 Å². The molecule has 110 valence electrons. The predicted molar refractivity (Wildman–Crippen MR) is 70.6 cm³/mol. The third-order valence-electron chi connectivity index (χ3n) is 3.92. The Morgan fingerprint density at radius 2 is 1.95 bits per heavy atom. The molecule has 0 radical (unpaired) electrons. The van der Waals surface area contributed by atoms with Crippen LogP contribution in [0.1, 0.15) is 27.7 Å². The smallest absolute Gasteiger partial charge is 0.253 e. The zero-order chi connectivity index (χ0) is 14.4. The second kappa shape index (κ2) is 5.04. The fraction of sp³-hybridized carbons (Fsp3) is 0.929. The van der Waals surface area contributed by atoms with E-state index in [0.29, 0.717) is 12.5 Å². The Hall–Kier alpha value is -0.650. The van der Waals surface area contributed by atoms with Gasteiger partial charge >= 0.3 is 0 Å². The molecular formula is C14H25NO4. The summed E-state index contributed by atoms with van der Waals surface area (Å²) in [4.78, 5) is 13.4. The first-order chi connectivity index (χ1) is 8.73. The van der Waals surface area contributed by atoms with Gasteiger partial charge in [0.25, 0.3) is 5.91 Å². The van der Waals surface area contributed by atoms with Crippen molar-refractivity contribution in [2.45, 2.75) is 51.8 Å². The minimum atomic E-state index is -0.554. The molecule has 0 bridgehead atoms. The normalized spacial score (nSPS) is 38.6. The average molecular weight is 271 g/mol. The van der Waals surface area contributed by atoms with Crippen molar-refractivity contribution in [1.82, 2.24) is 4.90 Å². The zero-order valence-corrected chi connectivity index (χ0v) is 12.7. The van der Waals surface area contributed by atoms with Gasteiger partial charge in [0.05, 0.1) is 18.8 Å². The van der Waals surface area contributed by atoms with E-state index in [2.05, 4.69) is 13.8 Å². The van der Waals surface area contributed by atoms with Gasteiger partial charge in [-0.2, -0.15) is 0 Å². The standard InChI is InChI=1S/C14H25NO4/c1-8-7-17-14(3,4)19-10(8)9(2)11-12(18-11)13(16)15(5)6/h8-12H,7H2,1-6H3/t8-,9+,10-,11+,12-/m1/s1. The van der Waals surface area contributed by atoms with Gasteiger partial charge < -0.3 is 19.1 Å². The van der Waals surface area contributed by atoms with Gasteiger partial charge in [0.2, 0.25) is 0 Å². The molecule has 0 aromatic rings. The quantitative estimate of drug-likeness (QED) is 0.725. The van der Waals surface area contributed by atoms with Gasteiger partial charge in [0.1, 0.15) is 0 Å². The number of ether oxygens (including phenoxy) is 3. The highest BCUT2D eigenvalue weighted by atomic mass is 16.7. The number of amides is 1. The lowest BCUT2D eigenvalue weighted by atomic mass is 9.88. The molecule has 2 aliphatic heterocycles. The van der Waals surface area contributed by atoms with Gasteiger partial charge in [-0.15, -0.1) is 0 Å². The molecule has 0 aromatic carbocycles. The van der Waals surface area contributed by atoms with Crippen molar-refractivity contribution in [3.05, 3.63) is 0 Å². The molecule has 5 atom stereocenters. The summed E-state index contributed by atoms with van der Waals surface area (Å²) >= 11 is 0. The highest BCUT2D eigenvalue weighted by Gasteiger charge is 2.53. The van der Waals surface area contributed by atoms with Gasteiger partial charge in [0, 0.05) is 25.9 Å². The molecule has 0 spiro atoms. The van der Waals surface area contributed by atoms with E-state index in [1.807, 2.05) is 13.8 Å². The number of hydrogen-bond donors (Lipinski definition) is 0. The van der Waals surface area contributed by atoms with Gasteiger partial charge in [0.15, 0.2) is 11.9 Å². The maximum atomic E-state index is 11.8. The van der Waals surface area contributed by atoms with E-state index in [9.17, 15) is 4.79 Å². The van der Waals surface area contributed by atoms with E-state index >= 15 is 0 Å². The Labute approximate surface area is 115 Å². The van der Waals surface area contributed by atoms with Gasteiger partial charge in [-0.25, -0.2) is 0 Å². The fourth-order valence-electron chi connectivity index (χ4n) is 2.69. The number of nitrogens with zero attached hydrogens (tertiary/aromatic N) is 1. The predicted octanol–water partition coefficient (Wildman–Crippen LogP) is 1.27. The molecule has 0 aliphatic carbocycles. The van der Waals surface area contributed by atoms with Crippen LogP contribution in [-0.2, 0) is 19.0 Å². The minimum absolute atomic E-state index is 0.0313. The summed E-state index contributed by atoms with van der Waals surface area (Å²) in [5, 5.41) is 0. The molecule has 2 fully saturated rings. The Balaban J connectivity index is 1.97. The lowest BCUT2D eigenvalue weighted by molar-refractivity contribution is -0.300. The summed E-state index contributed by atoms with van der Waals surface area (Å²) in [6.45, 7) is 8.74. The lowest BCUT2D eigenvalue weighted by Crippen LogP contribution is -2.48. The van der Waals surface area contributed by atoms with Crippen LogP contribution in [0.3, 0.4) is 0 Å². The minimum Gasteiger partial charge on any atom is -0.359 e. The number of likely N-dealkylation sites (N-methyl/N-ethyl adjacent to an activating group) is 1. The van der Waals surface area contributed by atoms with Crippen LogP contribution in [-0.4, -0.2) is 55.6 Å². The van der Waals surface area contributed by atoms with Crippen LogP contribution in [0.15, 0.2) is 0 Å². The zero-order valence-electron chi connectivity index (χ0n) is 12.7. The lowest BCUT2D eigenvalue weighted by Gasteiger charge is -2.42. The summed E-state index contributed by atoms with van der Waals surface area (Å²) in [5.41, 5.74) is 0. The molecular weight excluding hydrogens is 246 g/mol. The number of carbonyl (C=O) groups is 1. The molecule has 0 aromatic heterocycles. The molecule has 1 amide bonds. The van der Waals surface area contributed by atoms with Crippen molar-refractivity contribution < 1.29 is 19.0 Å². The van der Waals surface area contributed by atoms with Crippen molar-refractivity contribution in [3.8, 4) is 0 Å². The van der Waals surface area contributed by atoms with Crippen LogP contribution in [0.5, 0.6) is 0 Å². The number of hydrogen-bond acceptors (Lipinski definition) is 4. The van der Waals surface area contributed by atoms with E-state index in [1.165, 1.54) is 0 Å². The topological polar surface area (TPSA) is 51.3 Å². The second-order valence-electron chi connectivity index (χ2n) is 6.38. The number of epoxide rings is 1. The van der Waals surface area contributed by atoms with Crippen LogP contribution in [0.2, 0.25) is 0 Å². The summed E-state index contributed by atoms with van der Waals surface area (Å²) < 4.78 is 17.2. The van der Waals surface area contributed by atoms with Gasteiger partial charge in [-0.3, -0.25) is 4.79 Å². The molecule has 0 saturated carbocycles. The first kappa shape index (κ1) is 14.8. The Morgan fingerprint density at radius 3 is 2.53 bits per heavy atom. The van der Waals surface area contributed by atoms with Crippen LogP contribution >= 0.6 is 0 Å². The summed E-state index contributed by atoms with van der Waals surface area (Å²) in [6.07, 6.45) is -0.267. The third-order valence-corrected chi connectivity index (χ3v) is 3.92. The first-order valence-electron chi connectivity index (χ1n) is 6.91. The summed E-state index contributed by atoms with van der Waals surface area (Å²) in [7, 11) is 3.50. The largest absolute Gasteiger partial charge is 0.359 e. The molecule has 2 saturated heterocycles. The van der Waals surface area contributed by atoms with E-state index in [-0.39, 0.29) is 30.1 Å². The van der Waals surface area contributed by atoms with Crippen LogP contribution < -0.4 is 0 Å². The molecule has 2 aliphatic rings. The van der Waals surface area contributed by atoms with Crippen LogP contribution in [0, 0.1) is 11.8 Å². The molecule has 0 unspecified atom stereocenters. The Kier molecular flexibility index (Phi) is 3.91. The number of carbonyl (C=O) groups excluding carboxylic acids is 1. The van der Waals surface area contributed by atoms with Crippen molar-refractivity contribution in [1.29, 1.82) is 0 Å². The summed E-state index contributed by atoms with van der Waals surface area (Å²) in [6, 6.07) is 0. The molecule has 0 N–H and O–H groups in total. The Morgan fingerprint density at radius 1 is 1.32 bits per heavy atom. The van der Waals surface area contributed by atoms with Crippen LogP contribution in [0.4, 0.5) is 0 Å². The van der Waals surface area contributed by atoms with Crippen molar-refractivity contribution in [2.75, 3.05) is 20.7 Å². The highest BCUT2D eigenvalue weighted by molar-refractivity contribution is 5.83. The maximum absolute atomic E-state index is 11.8. The average Bonchev–Trinajstić information content (AvgIpc) is 3.10. The summed E-state index contributed by atoms with van der Waals surface area (Å²) in [5.74, 6) is -0.0216. The van der Waals surface area contributed by atoms with Crippen molar-refractivity contribution in [3.63, 3.8) is 0 Å². The SMILES string of the molecule is C[C@@H]([C@@H]1OC(C)(C)OC[C@H]1C)[C@@H]1O[C@H]1C(=O)N(C)C. The Bertz CT molecular complexity index is 355. The molecule has 19 heavy (non-hydrogen) atoms. The first-order valence-corrected chi connectivity index (χ1v) is 6.91. The highest BCUT2D eigenvalue weighted by Crippen LogP contribution is 2.39. The number of rotatable bonds is 3. The monoisotopic (exact) mass is 271 g/mol. The van der Waals surface area contributed by atoms with E-state index in [1.54, 1.807) is 19.0 Å². The van der Waals surface area contributed by atoms with Gasteiger partial charge in [-0.1, -0.05) is 13.8 Å². The molecule has 5 heteroatoms. The molecule has 2 rings (SSSR count). The van der Waals surface area contributed by atoms with Gasteiger partial charge in [-0.05, 0) is 13.8 Å². The molecule has 5 nitrogen and oxygen atoms in total. The fourth-order valence-corrected chi connectivity index (χ4v) is 2.69. The van der Waals surface area contributed by atoms with E-state index in [0.717, 1.165) is 0 Å². The van der Waals surface area contributed by atoms with Crippen molar-refractivity contribution in [2.24, 2.45) is 11.8 Å². The molecule has 2 heterocycles. The van der Waals surface area contributed by atoms with Crippen LogP contribution in [0.25, 0.3) is 0 Å². The second-order valence-corrected chi connectivity index (χ2v) is 6.38.